The van der Waals surface area contributed by atoms with Gasteiger partial charge < -0.3 is 15.8 Å². The van der Waals surface area contributed by atoms with Gasteiger partial charge in [-0.3, -0.25) is 9.78 Å². The molecule has 1 saturated heterocycles. The van der Waals surface area contributed by atoms with E-state index in [0.717, 1.165) is 5.56 Å². The van der Waals surface area contributed by atoms with Gasteiger partial charge in [-0.2, -0.15) is 0 Å². The second-order valence-corrected chi connectivity index (χ2v) is 5.48. The molecule has 0 aromatic carbocycles. The number of hydrogen-bond donors (Lipinski definition) is 2. The molecule has 0 bridgehead atoms. The summed E-state index contributed by atoms with van der Waals surface area (Å²) in [6.45, 7) is 2.93. The highest BCUT2D eigenvalue weighted by Crippen LogP contribution is 2.32. The molecule has 108 valence electrons. The lowest BCUT2D eigenvalue weighted by Crippen LogP contribution is -2.52. The number of nitrogens with zero attached hydrogens (tertiary/aromatic N) is 1. The third-order valence-electron chi connectivity index (χ3n) is 3.78. The molecule has 1 amide bonds. The van der Waals surface area contributed by atoms with Crippen molar-refractivity contribution in [3.8, 4) is 0 Å². The van der Waals surface area contributed by atoms with Gasteiger partial charge in [-0.05, 0) is 31.4 Å². The van der Waals surface area contributed by atoms with Crippen molar-refractivity contribution in [2.75, 3.05) is 13.2 Å². The first-order chi connectivity index (χ1) is 9.56. The molecule has 0 saturated carbocycles. The van der Waals surface area contributed by atoms with Gasteiger partial charge in [0, 0.05) is 25.6 Å². The Balaban J connectivity index is 2.11. The number of nitrogens with one attached hydrogen (secondary N) is 1. The molecule has 1 aliphatic heterocycles. The molecule has 1 aliphatic rings. The molecular formula is C14H19N3O2S. The van der Waals surface area contributed by atoms with Gasteiger partial charge in [0.05, 0.1) is 11.0 Å². The van der Waals surface area contributed by atoms with Crippen LogP contribution in [0.2, 0.25) is 0 Å². The van der Waals surface area contributed by atoms with E-state index in [1.807, 2.05) is 19.1 Å². The predicted octanol–water partition coefficient (Wildman–Crippen LogP) is 1.34. The van der Waals surface area contributed by atoms with Crippen LogP contribution in [0.4, 0.5) is 0 Å². The Hall–Kier alpha value is -1.53. The Morgan fingerprint density at radius 1 is 1.55 bits per heavy atom. The number of rotatable bonds is 4. The normalized spacial score (nSPS) is 19.1. The van der Waals surface area contributed by atoms with Crippen LogP contribution in [0.15, 0.2) is 24.5 Å². The molecule has 1 aromatic rings. The molecule has 1 fully saturated rings. The fourth-order valence-electron chi connectivity index (χ4n) is 2.36. The Morgan fingerprint density at radius 3 is 2.80 bits per heavy atom. The first kappa shape index (κ1) is 14.9. The molecule has 1 aromatic heterocycles. The van der Waals surface area contributed by atoms with Gasteiger partial charge in [-0.25, -0.2) is 0 Å². The third kappa shape index (κ3) is 2.96. The van der Waals surface area contributed by atoms with E-state index in [1.54, 1.807) is 12.4 Å². The average molecular weight is 293 g/mol. The number of nitrogens with two attached hydrogens (primary N) is 1. The lowest BCUT2D eigenvalue weighted by molar-refractivity contribution is -0.132. The van der Waals surface area contributed by atoms with Crippen molar-refractivity contribution >= 4 is 23.1 Å². The van der Waals surface area contributed by atoms with E-state index in [1.165, 1.54) is 0 Å². The fraction of sp³-hybridized carbons (Fsp3) is 0.500. The second-order valence-electron chi connectivity index (χ2n) is 5.04. The van der Waals surface area contributed by atoms with Gasteiger partial charge in [-0.1, -0.05) is 18.3 Å². The van der Waals surface area contributed by atoms with Crippen LogP contribution in [-0.2, 0) is 9.53 Å². The SMILES string of the molecule is CC(NC(=O)C1(C(N)=S)CCOCC1)c1cccnc1. The zero-order chi connectivity index (χ0) is 14.6. The number of ether oxygens (including phenoxy) is 1. The Morgan fingerprint density at radius 2 is 2.25 bits per heavy atom. The van der Waals surface area contributed by atoms with Gasteiger partial charge in [-0.15, -0.1) is 0 Å². The maximum atomic E-state index is 12.6. The van der Waals surface area contributed by atoms with E-state index < -0.39 is 5.41 Å². The summed E-state index contributed by atoms with van der Waals surface area (Å²) in [6.07, 6.45) is 4.51. The maximum Gasteiger partial charge on any atom is 0.233 e. The van der Waals surface area contributed by atoms with E-state index in [4.69, 9.17) is 22.7 Å². The van der Waals surface area contributed by atoms with Crippen LogP contribution in [0, 0.1) is 5.41 Å². The summed E-state index contributed by atoms with van der Waals surface area (Å²) in [5.74, 6) is -0.121. The highest BCUT2D eigenvalue weighted by Gasteiger charge is 2.43. The number of pyridine rings is 1. The largest absolute Gasteiger partial charge is 0.392 e. The summed E-state index contributed by atoms with van der Waals surface area (Å²) in [7, 11) is 0. The zero-order valence-electron chi connectivity index (χ0n) is 11.5. The van der Waals surface area contributed by atoms with E-state index >= 15 is 0 Å². The van der Waals surface area contributed by atoms with Crippen LogP contribution in [0.25, 0.3) is 0 Å². The fourth-order valence-corrected chi connectivity index (χ4v) is 2.65. The molecule has 1 atom stereocenters. The van der Waals surface area contributed by atoms with Crippen LogP contribution in [0.5, 0.6) is 0 Å². The average Bonchev–Trinajstić information content (AvgIpc) is 2.48. The lowest BCUT2D eigenvalue weighted by atomic mass is 9.79. The van der Waals surface area contributed by atoms with Gasteiger partial charge in [0.15, 0.2) is 0 Å². The lowest BCUT2D eigenvalue weighted by Gasteiger charge is -2.35. The zero-order valence-corrected chi connectivity index (χ0v) is 12.3. The molecule has 2 rings (SSSR count). The van der Waals surface area contributed by atoms with Crippen LogP contribution >= 0.6 is 12.2 Å². The maximum absolute atomic E-state index is 12.6. The summed E-state index contributed by atoms with van der Waals surface area (Å²) in [6, 6.07) is 3.63. The quantitative estimate of drug-likeness (QED) is 0.819. The molecular weight excluding hydrogens is 274 g/mol. The summed E-state index contributed by atoms with van der Waals surface area (Å²) in [4.78, 5) is 16.9. The van der Waals surface area contributed by atoms with Crippen LogP contribution in [0.1, 0.15) is 31.4 Å². The van der Waals surface area contributed by atoms with Gasteiger partial charge in [0.1, 0.15) is 5.41 Å². The Kier molecular flexibility index (Phi) is 4.67. The van der Waals surface area contributed by atoms with E-state index in [9.17, 15) is 4.79 Å². The Bertz CT molecular complexity index is 486. The minimum absolute atomic E-state index is 0.121. The van der Waals surface area contributed by atoms with Crippen molar-refractivity contribution in [1.29, 1.82) is 0 Å². The number of thiocarbonyl (C=S) groups is 1. The standard InChI is InChI=1S/C14H19N3O2S/c1-10(11-3-2-6-16-9-11)17-13(18)14(12(15)20)4-7-19-8-5-14/h2-3,6,9-10H,4-5,7-8H2,1H3,(H2,15,20)(H,17,18). The summed E-state index contributed by atoms with van der Waals surface area (Å²) in [5, 5.41) is 2.99. The number of hydrogen-bond acceptors (Lipinski definition) is 4. The Labute approximate surface area is 123 Å². The smallest absolute Gasteiger partial charge is 0.233 e. The van der Waals surface area contributed by atoms with Gasteiger partial charge in [0.25, 0.3) is 0 Å². The molecule has 0 radical (unpaired) electrons. The minimum Gasteiger partial charge on any atom is -0.392 e. The summed E-state index contributed by atoms with van der Waals surface area (Å²) >= 11 is 5.12. The predicted molar refractivity (Wildman–Crippen MR) is 80.1 cm³/mol. The van der Waals surface area contributed by atoms with Gasteiger partial charge >= 0.3 is 0 Å². The molecule has 0 aliphatic carbocycles. The van der Waals surface area contributed by atoms with Crippen LogP contribution in [-0.4, -0.2) is 29.1 Å². The second kappa shape index (κ2) is 6.28. The molecule has 20 heavy (non-hydrogen) atoms. The van der Waals surface area contributed by atoms with Crippen LogP contribution < -0.4 is 11.1 Å². The first-order valence-electron chi connectivity index (χ1n) is 6.65. The monoisotopic (exact) mass is 293 g/mol. The van der Waals surface area contributed by atoms with Crippen molar-refractivity contribution in [2.24, 2.45) is 11.1 Å². The highest BCUT2D eigenvalue weighted by molar-refractivity contribution is 7.80. The number of carbonyl (C=O) groups is 1. The minimum atomic E-state index is -0.788. The molecule has 0 spiro atoms. The highest BCUT2D eigenvalue weighted by atomic mass is 32.1. The number of amides is 1. The molecule has 5 nitrogen and oxygen atoms in total. The summed E-state index contributed by atoms with van der Waals surface area (Å²) < 4.78 is 5.31. The topological polar surface area (TPSA) is 77.2 Å². The molecule has 6 heteroatoms. The van der Waals surface area contributed by atoms with Crippen molar-refractivity contribution in [2.45, 2.75) is 25.8 Å². The van der Waals surface area contributed by atoms with Gasteiger partial charge in [0.2, 0.25) is 5.91 Å². The molecule has 3 N–H and O–H groups in total. The summed E-state index contributed by atoms with van der Waals surface area (Å²) in [5.41, 5.74) is 5.98. The van der Waals surface area contributed by atoms with Crippen LogP contribution in [0.3, 0.4) is 0 Å². The molecule has 2 heterocycles. The third-order valence-corrected chi connectivity index (χ3v) is 4.18. The van der Waals surface area contributed by atoms with Crippen molar-refractivity contribution in [3.63, 3.8) is 0 Å². The van der Waals surface area contributed by atoms with Crippen molar-refractivity contribution in [1.82, 2.24) is 10.3 Å². The number of aromatic nitrogens is 1. The van der Waals surface area contributed by atoms with E-state index in [0.29, 0.717) is 26.1 Å². The van der Waals surface area contributed by atoms with Crippen molar-refractivity contribution < 1.29 is 9.53 Å². The molecule has 1 unspecified atom stereocenters. The van der Waals surface area contributed by atoms with E-state index in [2.05, 4.69) is 10.3 Å². The first-order valence-corrected chi connectivity index (χ1v) is 7.05. The van der Waals surface area contributed by atoms with E-state index in [-0.39, 0.29) is 16.9 Å². The number of carbonyl (C=O) groups excluding carboxylic acids is 1. The van der Waals surface area contributed by atoms with Crippen molar-refractivity contribution in [3.05, 3.63) is 30.1 Å².